The van der Waals surface area contributed by atoms with Gasteiger partial charge in [0.05, 0.1) is 4.90 Å². The number of carbonyl (C=O) groups excluding carboxylic acids is 2. The molecule has 1 saturated carbocycles. The number of para-hydroxylation sites is 1. The molecule has 0 spiro atoms. The van der Waals surface area contributed by atoms with E-state index in [-0.39, 0.29) is 23.6 Å². The third-order valence-electron chi connectivity index (χ3n) is 6.45. The number of esters is 1. The van der Waals surface area contributed by atoms with Gasteiger partial charge < -0.3 is 9.64 Å². The first-order valence-corrected chi connectivity index (χ1v) is 12.1. The predicted octanol–water partition coefficient (Wildman–Crippen LogP) is 3.52. The van der Waals surface area contributed by atoms with Crippen LogP contribution in [0.3, 0.4) is 0 Å². The van der Waals surface area contributed by atoms with Gasteiger partial charge in [-0.3, -0.25) is 9.59 Å². The zero-order chi connectivity index (χ0) is 22.2. The van der Waals surface area contributed by atoms with Gasteiger partial charge in [-0.15, -0.1) is 0 Å². The van der Waals surface area contributed by atoms with Gasteiger partial charge in [0.2, 0.25) is 0 Å². The molecule has 0 unspecified atom stereocenters. The third kappa shape index (κ3) is 3.65. The average Bonchev–Trinajstić information content (AvgIpc) is 3.42. The van der Waals surface area contributed by atoms with E-state index in [0.717, 1.165) is 23.2 Å². The summed E-state index contributed by atoms with van der Waals surface area (Å²) >= 11 is 0. The van der Waals surface area contributed by atoms with Gasteiger partial charge in [0.25, 0.3) is 5.91 Å². The Morgan fingerprint density at radius 3 is 2.52 bits per heavy atom. The first kappa shape index (κ1) is 21.6. The molecular formula is C24H27NO5S. The first-order valence-electron chi connectivity index (χ1n) is 10.6. The van der Waals surface area contributed by atoms with Gasteiger partial charge in [0.15, 0.2) is 21.2 Å². The highest BCUT2D eigenvalue weighted by Crippen LogP contribution is 2.42. The zero-order valence-electron chi connectivity index (χ0n) is 17.9. The summed E-state index contributed by atoms with van der Waals surface area (Å²) in [6, 6.07) is 12.8. The molecule has 0 bridgehead atoms. The smallest absolute Gasteiger partial charge is 0.328 e. The number of hydrogen-bond donors (Lipinski definition) is 0. The Hall–Kier alpha value is -2.67. The van der Waals surface area contributed by atoms with Crippen LogP contribution in [0.5, 0.6) is 0 Å². The van der Waals surface area contributed by atoms with Crippen molar-refractivity contribution in [2.45, 2.75) is 55.6 Å². The van der Waals surface area contributed by atoms with Crippen LogP contribution >= 0.6 is 0 Å². The molecule has 1 fully saturated rings. The fraction of sp³-hybridized carbons (Fsp3) is 0.417. The standard InChI is InChI=1S/C24H27NO5S/c1-17-9-10-18(2)21(15-17)31(28,29)24(12-5-6-13-24)23(27)30-16-22(26)25-14-11-19-7-3-4-8-20(19)25/h3-4,7-10,15H,5-6,11-14,16H2,1-2H3. The number of ether oxygens (including phenoxy) is 1. The van der Waals surface area contributed by atoms with Crippen molar-refractivity contribution in [3.8, 4) is 0 Å². The minimum atomic E-state index is -3.97. The summed E-state index contributed by atoms with van der Waals surface area (Å²) in [5, 5.41) is 0. The lowest BCUT2D eigenvalue weighted by Gasteiger charge is -2.28. The molecule has 1 heterocycles. The topological polar surface area (TPSA) is 80.7 Å². The number of rotatable bonds is 5. The highest BCUT2D eigenvalue weighted by atomic mass is 32.2. The van der Waals surface area contributed by atoms with Gasteiger partial charge in [-0.1, -0.05) is 43.2 Å². The number of benzene rings is 2. The van der Waals surface area contributed by atoms with Crippen LogP contribution in [0, 0.1) is 13.8 Å². The Bertz CT molecular complexity index is 1130. The summed E-state index contributed by atoms with van der Waals surface area (Å²) in [5.74, 6) is -1.15. The maximum atomic E-state index is 13.6. The number of nitrogens with zero attached hydrogens (tertiary/aromatic N) is 1. The SMILES string of the molecule is Cc1ccc(C)c(S(=O)(=O)C2(C(=O)OCC(=O)N3CCc4ccccc43)CCCC2)c1. The van der Waals surface area contributed by atoms with Crippen molar-refractivity contribution in [1.82, 2.24) is 0 Å². The quantitative estimate of drug-likeness (QED) is 0.663. The van der Waals surface area contributed by atoms with Gasteiger partial charge in [0.1, 0.15) is 0 Å². The lowest BCUT2D eigenvalue weighted by molar-refractivity contribution is -0.150. The number of amides is 1. The molecule has 2 aliphatic rings. The van der Waals surface area contributed by atoms with E-state index in [9.17, 15) is 18.0 Å². The van der Waals surface area contributed by atoms with Crippen molar-refractivity contribution in [1.29, 1.82) is 0 Å². The highest BCUT2D eigenvalue weighted by Gasteiger charge is 2.54. The number of fused-ring (bicyclic) bond motifs is 1. The fourth-order valence-corrected chi connectivity index (χ4v) is 7.03. The van der Waals surface area contributed by atoms with Crippen LogP contribution in [0.15, 0.2) is 47.4 Å². The Kier molecular flexibility index (Phi) is 5.64. The summed E-state index contributed by atoms with van der Waals surface area (Å²) in [5.41, 5.74) is 3.32. The van der Waals surface area contributed by atoms with E-state index in [1.54, 1.807) is 24.0 Å². The molecule has 6 nitrogen and oxygen atoms in total. The molecule has 7 heteroatoms. The van der Waals surface area contributed by atoms with E-state index in [4.69, 9.17) is 4.74 Å². The van der Waals surface area contributed by atoms with Gasteiger partial charge >= 0.3 is 5.97 Å². The summed E-state index contributed by atoms with van der Waals surface area (Å²) in [6.45, 7) is 3.62. The number of hydrogen-bond acceptors (Lipinski definition) is 5. The van der Waals surface area contributed by atoms with E-state index in [2.05, 4.69) is 0 Å². The van der Waals surface area contributed by atoms with Crippen LogP contribution in [0.2, 0.25) is 0 Å². The van der Waals surface area contributed by atoms with Crippen molar-refractivity contribution >= 4 is 27.4 Å². The lowest BCUT2D eigenvalue weighted by Crippen LogP contribution is -2.46. The minimum Gasteiger partial charge on any atom is -0.454 e. The summed E-state index contributed by atoms with van der Waals surface area (Å²) in [6.07, 6.45) is 2.44. The van der Waals surface area contributed by atoms with Crippen LogP contribution in [0.4, 0.5) is 5.69 Å². The molecule has 4 rings (SSSR count). The van der Waals surface area contributed by atoms with Crippen molar-refractivity contribution < 1.29 is 22.7 Å². The third-order valence-corrected chi connectivity index (χ3v) is 9.07. The lowest BCUT2D eigenvalue weighted by atomic mass is 10.1. The summed E-state index contributed by atoms with van der Waals surface area (Å²) in [4.78, 5) is 27.7. The van der Waals surface area contributed by atoms with E-state index in [0.29, 0.717) is 24.9 Å². The van der Waals surface area contributed by atoms with Crippen LogP contribution in [-0.4, -0.2) is 38.2 Å². The molecule has 0 atom stereocenters. The van der Waals surface area contributed by atoms with E-state index in [1.807, 2.05) is 37.3 Å². The Labute approximate surface area is 183 Å². The molecule has 1 amide bonds. The van der Waals surface area contributed by atoms with Crippen molar-refractivity contribution in [2.24, 2.45) is 0 Å². The van der Waals surface area contributed by atoms with E-state index < -0.39 is 27.2 Å². The number of anilines is 1. The van der Waals surface area contributed by atoms with Crippen LogP contribution < -0.4 is 4.90 Å². The molecular weight excluding hydrogens is 414 g/mol. The first-order chi connectivity index (χ1) is 14.8. The highest BCUT2D eigenvalue weighted by molar-refractivity contribution is 7.93. The Morgan fingerprint density at radius 2 is 1.77 bits per heavy atom. The number of carbonyl (C=O) groups is 2. The predicted molar refractivity (Wildman–Crippen MR) is 118 cm³/mol. The van der Waals surface area contributed by atoms with Gasteiger partial charge in [-0.25, -0.2) is 8.42 Å². The molecule has 2 aromatic rings. The molecule has 164 valence electrons. The largest absolute Gasteiger partial charge is 0.454 e. The zero-order valence-corrected chi connectivity index (χ0v) is 18.7. The van der Waals surface area contributed by atoms with Crippen molar-refractivity contribution in [3.05, 3.63) is 59.2 Å². The van der Waals surface area contributed by atoms with Crippen LogP contribution in [0.25, 0.3) is 0 Å². The number of sulfone groups is 1. The fourth-order valence-electron chi connectivity index (χ4n) is 4.67. The second-order valence-electron chi connectivity index (χ2n) is 8.47. The van der Waals surface area contributed by atoms with E-state index >= 15 is 0 Å². The van der Waals surface area contributed by atoms with Crippen LogP contribution in [0.1, 0.15) is 42.4 Å². The Morgan fingerprint density at radius 1 is 1.06 bits per heavy atom. The Balaban J connectivity index is 1.56. The second kappa shape index (κ2) is 8.11. The molecule has 2 aromatic carbocycles. The maximum Gasteiger partial charge on any atom is 0.328 e. The molecule has 1 aliphatic carbocycles. The van der Waals surface area contributed by atoms with Gasteiger partial charge in [0, 0.05) is 12.2 Å². The molecule has 31 heavy (non-hydrogen) atoms. The average molecular weight is 442 g/mol. The molecule has 0 radical (unpaired) electrons. The van der Waals surface area contributed by atoms with Crippen molar-refractivity contribution in [3.63, 3.8) is 0 Å². The maximum absolute atomic E-state index is 13.6. The van der Waals surface area contributed by atoms with Crippen molar-refractivity contribution in [2.75, 3.05) is 18.1 Å². The molecule has 0 saturated heterocycles. The molecule has 1 aliphatic heterocycles. The monoisotopic (exact) mass is 441 g/mol. The minimum absolute atomic E-state index is 0.172. The summed E-state index contributed by atoms with van der Waals surface area (Å²) in [7, 11) is -3.97. The molecule has 0 N–H and O–H groups in total. The second-order valence-corrected chi connectivity index (χ2v) is 10.7. The van der Waals surface area contributed by atoms with Gasteiger partial charge in [-0.05, 0) is 61.9 Å². The molecule has 0 aromatic heterocycles. The summed E-state index contributed by atoms with van der Waals surface area (Å²) < 4.78 is 31.0. The van der Waals surface area contributed by atoms with E-state index in [1.165, 1.54) is 0 Å². The van der Waals surface area contributed by atoms with Crippen LogP contribution in [-0.2, 0) is 30.6 Å². The normalized spacial score (nSPS) is 17.4. The number of aryl methyl sites for hydroxylation is 2. The van der Waals surface area contributed by atoms with Gasteiger partial charge in [-0.2, -0.15) is 0 Å².